The van der Waals surface area contributed by atoms with Crippen molar-refractivity contribution in [3.63, 3.8) is 0 Å². The molecule has 1 aliphatic heterocycles. The second kappa shape index (κ2) is 10.3. The summed E-state index contributed by atoms with van der Waals surface area (Å²) in [5.74, 6) is -0.790. The first-order chi connectivity index (χ1) is 20.1. The zero-order valence-corrected chi connectivity index (χ0v) is 22.3. The minimum Gasteiger partial charge on any atom is -0.571 e. The highest BCUT2D eigenvalue weighted by Gasteiger charge is 2.39. The monoisotopic (exact) mass is 545 g/mol. The molecule has 0 spiro atoms. The molecule has 0 unspecified atom stereocenters. The molecule has 1 saturated heterocycles. The van der Waals surface area contributed by atoms with Crippen molar-refractivity contribution in [3.8, 4) is 11.1 Å². The number of hydrogen-bond acceptors (Lipinski definition) is 7. The van der Waals surface area contributed by atoms with Gasteiger partial charge < -0.3 is 9.94 Å². The molecule has 7 rings (SSSR count). The molecule has 3 aromatic carbocycles. The lowest BCUT2D eigenvalue weighted by Crippen LogP contribution is -2.41. The molecule has 5 aromatic rings. The van der Waals surface area contributed by atoms with Crippen LogP contribution in [0.5, 0.6) is 0 Å². The summed E-state index contributed by atoms with van der Waals surface area (Å²) in [6.07, 6.45) is 2.76. The molecule has 1 aliphatic carbocycles. The van der Waals surface area contributed by atoms with E-state index in [0.717, 1.165) is 66.9 Å². The molecule has 2 aromatic heterocycles. The van der Waals surface area contributed by atoms with Crippen molar-refractivity contribution in [2.75, 3.05) is 32.8 Å². The van der Waals surface area contributed by atoms with Gasteiger partial charge in [0.05, 0.1) is 18.7 Å². The Morgan fingerprint density at radius 2 is 1.61 bits per heavy atom. The van der Waals surface area contributed by atoms with E-state index in [1.54, 1.807) is 24.3 Å². The van der Waals surface area contributed by atoms with E-state index in [2.05, 4.69) is 28.2 Å². The predicted molar refractivity (Wildman–Crippen MR) is 152 cm³/mol. The number of hydrogen-bond donors (Lipinski definition) is 0. The number of carbonyl (C=O) groups is 2. The molecule has 0 N–H and O–H groups in total. The Labute approximate surface area is 236 Å². The van der Waals surface area contributed by atoms with Crippen molar-refractivity contribution in [2.24, 2.45) is 0 Å². The van der Waals surface area contributed by atoms with Gasteiger partial charge in [-0.2, -0.15) is 0 Å². The van der Waals surface area contributed by atoms with E-state index in [1.807, 2.05) is 36.5 Å². The van der Waals surface area contributed by atoms with E-state index in [0.29, 0.717) is 4.96 Å². The number of morpholine rings is 1. The molecule has 0 saturated carbocycles. The second-order valence-corrected chi connectivity index (χ2v) is 10.4. The van der Waals surface area contributed by atoms with Gasteiger partial charge in [-0.1, -0.05) is 66.7 Å². The maximum absolute atomic E-state index is 13.2. The predicted octanol–water partition coefficient (Wildman–Crippen LogP) is 3.43. The van der Waals surface area contributed by atoms with E-state index < -0.39 is 5.78 Å². The fraction of sp³-hybridized carbons (Fsp3) is 0.219. The molecule has 0 amide bonds. The first kappa shape index (κ1) is 25.3. The van der Waals surface area contributed by atoms with Crippen LogP contribution in [-0.4, -0.2) is 64.1 Å². The molecule has 41 heavy (non-hydrogen) atoms. The minimum atomic E-state index is -0.415. The SMILES string of the molecule is O=C1c2ccccc2C(=O)c2c1n[n+]([O-])n2Cc1ccc(-c2ccc(CCN3CCOCC3)c3cccnc23)cc1. The third kappa shape index (κ3) is 4.49. The fourth-order valence-corrected chi connectivity index (χ4v) is 5.79. The van der Waals surface area contributed by atoms with Gasteiger partial charge in [0.15, 0.2) is 5.69 Å². The first-order valence-corrected chi connectivity index (χ1v) is 13.7. The molecule has 9 nitrogen and oxygen atoms in total. The number of carbonyl (C=O) groups excluding carboxylic acids is 2. The number of benzene rings is 3. The molecule has 9 heteroatoms. The van der Waals surface area contributed by atoms with Crippen molar-refractivity contribution in [1.82, 2.24) is 19.7 Å². The quantitative estimate of drug-likeness (QED) is 0.233. The average molecular weight is 546 g/mol. The van der Waals surface area contributed by atoms with Gasteiger partial charge in [0.1, 0.15) is 6.54 Å². The topological polar surface area (TPSA) is 104 Å². The van der Waals surface area contributed by atoms with Crippen LogP contribution in [-0.2, 0) is 17.7 Å². The fourth-order valence-electron chi connectivity index (χ4n) is 5.79. The molecule has 204 valence electrons. The number of rotatable bonds is 6. The number of pyridine rings is 1. The van der Waals surface area contributed by atoms with Crippen molar-refractivity contribution in [3.05, 3.63) is 118 Å². The Morgan fingerprint density at radius 1 is 0.854 bits per heavy atom. The molecular weight excluding hydrogens is 518 g/mol. The summed E-state index contributed by atoms with van der Waals surface area (Å²) in [7, 11) is 0. The third-order valence-corrected chi connectivity index (χ3v) is 7.98. The van der Waals surface area contributed by atoms with Gasteiger partial charge in [0.25, 0.3) is 0 Å². The summed E-state index contributed by atoms with van der Waals surface area (Å²) in [5.41, 5.74) is 5.52. The maximum Gasteiger partial charge on any atom is 0.220 e. The minimum absolute atomic E-state index is 0.0237. The number of aromatic nitrogens is 4. The third-order valence-electron chi connectivity index (χ3n) is 7.98. The Balaban J connectivity index is 1.16. The highest BCUT2D eigenvalue weighted by molar-refractivity contribution is 6.26. The van der Waals surface area contributed by atoms with Crippen LogP contribution in [0.25, 0.3) is 22.0 Å². The summed E-state index contributed by atoms with van der Waals surface area (Å²) in [6, 6.07) is 22.8. The van der Waals surface area contributed by atoms with E-state index in [9.17, 15) is 14.8 Å². The van der Waals surface area contributed by atoms with E-state index in [4.69, 9.17) is 9.72 Å². The lowest BCUT2D eigenvalue weighted by atomic mass is 9.90. The van der Waals surface area contributed by atoms with Crippen molar-refractivity contribution >= 4 is 22.5 Å². The van der Waals surface area contributed by atoms with Crippen LogP contribution >= 0.6 is 0 Å². The van der Waals surface area contributed by atoms with E-state index in [-0.39, 0.29) is 34.8 Å². The molecule has 3 heterocycles. The van der Waals surface area contributed by atoms with Crippen LogP contribution < -0.4 is 4.96 Å². The lowest BCUT2D eigenvalue weighted by Gasteiger charge is -2.26. The standard InChI is InChI=1S/C32H27N5O4/c38-31-26-4-1-2-5-27(26)32(39)30-29(31)34-37(40)36(30)20-21-7-9-22(10-8-21)25-12-11-23(24-6-3-14-33-28(24)25)13-15-35-16-18-41-19-17-35/h1-12,14H,13,15-20H2. The largest absolute Gasteiger partial charge is 0.571 e. The molecule has 2 aliphatic rings. The molecule has 0 atom stereocenters. The summed E-state index contributed by atoms with van der Waals surface area (Å²) >= 11 is 0. The Hall–Kier alpha value is -4.73. The number of ether oxygens (including phenoxy) is 1. The zero-order valence-electron chi connectivity index (χ0n) is 22.3. The van der Waals surface area contributed by atoms with Gasteiger partial charge in [-0.05, 0) is 29.2 Å². The summed E-state index contributed by atoms with van der Waals surface area (Å²) in [6.45, 7) is 4.60. The smallest absolute Gasteiger partial charge is 0.220 e. The Kier molecular flexibility index (Phi) is 6.37. The molecular formula is C32H27N5O4. The molecule has 1 fully saturated rings. The zero-order chi connectivity index (χ0) is 27.9. The van der Waals surface area contributed by atoms with Gasteiger partial charge in [-0.25, -0.2) is 0 Å². The van der Waals surface area contributed by atoms with E-state index >= 15 is 0 Å². The van der Waals surface area contributed by atoms with E-state index in [1.165, 1.54) is 10.2 Å². The highest BCUT2D eigenvalue weighted by atomic mass is 16.5. The second-order valence-electron chi connectivity index (χ2n) is 10.4. The molecule has 0 bridgehead atoms. The van der Waals surface area contributed by atoms with Gasteiger partial charge in [0, 0.05) is 58.0 Å². The van der Waals surface area contributed by atoms with Crippen LogP contribution in [0.2, 0.25) is 0 Å². The first-order valence-electron chi connectivity index (χ1n) is 13.7. The van der Waals surface area contributed by atoms with Crippen LogP contribution in [0, 0.1) is 5.21 Å². The summed E-state index contributed by atoms with van der Waals surface area (Å²) in [5, 5.41) is 17.7. The van der Waals surface area contributed by atoms with Crippen molar-refractivity contribution in [1.29, 1.82) is 0 Å². The van der Waals surface area contributed by atoms with Gasteiger partial charge >= 0.3 is 0 Å². The van der Waals surface area contributed by atoms with Crippen LogP contribution in [0.3, 0.4) is 0 Å². The highest BCUT2D eigenvalue weighted by Crippen LogP contribution is 2.31. The Bertz CT molecular complexity index is 1810. The number of ketones is 2. The Morgan fingerprint density at radius 3 is 2.39 bits per heavy atom. The maximum atomic E-state index is 13.2. The van der Waals surface area contributed by atoms with Crippen molar-refractivity contribution in [2.45, 2.75) is 13.0 Å². The number of nitrogens with zero attached hydrogens (tertiary/aromatic N) is 5. The van der Waals surface area contributed by atoms with Crippen LogP contribution in [0.4, 0.5) is 0 Å². The normalized spacial score (nSPS) is 15.2. The van der Waals surface area contributed by atoms with Crippen LogP contribution in [0.15, 0.2) is 79.0 Å². The lowest BCUT2D eigenvalue weighted by molar-refractivity contribution is -0.748. The number of fused-ring (bicyclic) bond motifs is 3. The summed E-state index contributed by atoms with van der Waals surface area (Å²) in [4.78, 5) is 33.7. The van der Waals surface area contributed by atoms with Crippen LogP contribution in [0.1, 0.15) is 43.2 Å². The van der Waals surface area contributed by atoms with Gasteiger partial charge in [-0.3, -0.25) is 19.5 Å². The van der Waals surface area contributed by atoms with Gasteiger partial charge in [0.2, 0.25) is 17.3 Å². The van der Waals surface area contributed by atoms with Crippen molar-refractivity contribution < 1.29 is 19.3 Å². The molecule has 0 radical (unpaired) electrons. The summed E-state index contributed by atoms with van der Waals surface area (Å²) < 4.78 is 6.70. The average Bonchev–Trinajstić information content (AvgIpc) is 3.35. The van der Waals surface area contributed by atoms with Gasteiger partial charge in [-0.15, -0.1) is 4.68 Å².